The van der Waals surface area contributed by atoms with E-state index in [1.807, 2.05) is 6.92 Å². The first-order chi connectivity index (χ1) is 8.39. The van der Waals surface area contributed by atoms with Gasteiger partial charge in [-0.25, -0.2) is 0 Å². The van der Waals surface area contributed by atoms with Crippen LogP contribution in [-0.4, -0.2) is 28.8 Å². The molecule has 1 N–H and O–H groups in total. The number of hydrogen-bond acceptors (Lipinski definition) is 5. The second-order valence-corrected chi connectivity index (χ2v) is 6.12. The van der Waals surface area contributed by atoms with Crippen molar-refractivity contribution in [1.29, 1.82) is 0 Å². The van der Waals surface area contributed by atoms with Gasteiger partial charge in [-0.3, -0.25) is 0 Å². The highest BCUT2D eigenvalue weighted by Crippen LogP contribution is 2.33. The van der Waals surface area contributed by atoms with E-state index in [9.17, 15) is 0 Å². The summed E-state index contributed by atoms with van der Waals surface area (Å²) >= 11 is 0. The molecule has 1 aromatic rings. The maximum atomic E-state index is 5.70. The Balaban J connectivity index is 1.90. The predicted octanol–water partition coefficient (Wildman–Crippen LogP) is 2.03. The van der Waals surface area contributed by atoms with Crippen LogP contribution in [0.4, 0.5) is 0 Å². The molecule has 0 bridgehead atoms. The molecule has 1 unspecified atom stereocenters. The molecule has 1 aliphatic rings. The van der Waals surface area contributed by atoms with E-state index in [0.29, 0.717) is 11.7 Å². The molecule has 18 heavy (non-hydrogen) atoms. The molecule has 0 aliphatic carbocycles. The summed E-state index contributed by atoms with van der Waals surface area (Å²) in [6.07, 6.45) is 2.78. The van der Waals surface area contributed by atoms with Crippen LogP contribution in [0.15, 0.2) is 4.52 Å². The Bertz CT molecular complexity index is 389. The summed E-state index contributed by atoms with van der Waals surface area (Å²) in [5, 5.41) is 7.45. The number of rotatable bonds is 4. The molecule has 1 saturated heterocycles. The van der Waals surface area contributed by atoms with Crippen molar-refractivity contribution in [2.75, 3.05) is 13.2 Å². The van der Waals surface area contributed by atoms with E-state index >= 15 is 0 Å². The van der Waals surface area contributed by atoms with Crippen LogP contribution in [0, 0.1) is 0 Å². The van der Waals surface area contributed by atoms with Crippen molar-refractivity contribution in [2.45, 2.75) is 58.1 Å². The molecule has 2 rings (SSSR count). The van der Waals surface area contributed by atoms with Gasteiger partial charge in [0.15, 0.2) is 0 Å². The Labute approximate surface area is 108 Å². The summed E-state index contributed by atoms with van der Waals surface area (Å²) in [4.78, 5) is 4.44. The molecule has 1 aromatic heterocycles. The number of hydrogen-bond donors (Lipinski definition) is 1. The fraction of sp³-hybridized carbons (Fsp3) is 0.846. The summed E-state index contributed by atoms with van der Waals surface area (Å²) in [6.45, 7) is 10.1. The van der Waals surface area contributed by atoms with Crippen molar-refractivity contribution < 1.29 is 9.26 Å². The minimum absolute atomic E-state index is 0.114. The largest absolute Gasteiger partial charge is 0.367 e. The van der Waals surface area contributed by atoms with E-state index < -0.39 is 0 Å². The van der Waals surface area contributed by atoms with Crippen LogP contribution in [0.3, 0.4) is 0 Å². The van der Waals surface area contributed by atoms with Gasteiger partial charge < -0.3 is 14.6 Å². The van der Waals surface area contributed by atoms with Crippen LogP contribution in [0.5, 0.6) is 0 Å². The minimum Gasteiger partial charge on any atom is -0.367 e. The lowest BCUT2D eigenvalue weighted by molar-refractivity contribution is 0.00768. The first-order valence-electron chi connectivity index (χ1n) is 6.61. The smallest absolute Gasteiger partial charge is 0.228 e. The Kier molecular flexibility index (Phi) is 3.73. The van der Waals surface area contributed by atoms with Gasteiger partial charge in [0.05, 0.1) is 0 Å². The second-order valence-electron chi connectivity index (χ2n) is 6.12. The number of aromatic nitrogens is 2. The van der Waals surface area contributed by atoms with Crippen LogP contribution < -0.4 is 5.32 Å². The highest BCUT2D eigenvalue weighted by molar-refractivity contribution is 5.01. The van der Waals surface area contributed by atoms with Crippen LogP contribution in [0.2, 0.25) is 0 Å². The molecule has 1 atom stereocenters. The number of nitrogens with zero attached hydrogens (tertiary/aromatic N) is 2. The summed E-state index contributed by atoms with van der Waals surface area (Å²) in [5.41, 5.74) is -0.234. The van der Waals surface area contributed by atoms with E-state index in [0.717, 1.165) is 32.4 Å². The van der Waals surface area contributed by atoms with Crippen molar-refractivity contribution in [3.8, 4) is 0 Å². The van der Waals surface area contributed by atoms with E-state index in [2.05, 4.69) is 36.2 Å². The Morgan fingerprint density at radius 2 is 2.17 bits per heavy atom. The van der Waals surface area contributed by atoms with Gasteiger partial charge in [0.1, 0.15) is 5.60 Å². The van der Waals surface area contributed by atoms with Gasteiger partial charge in [0.25, 0.3) is 0 Å². The first kappa shape index (κ1) is 13.5. The quantitative estimate of drug-likeness (QED) is 0.889. The van der Waals surface area contributed by atoms with Crippen molar-refractivity contribution in [3.05, 3.63) is 11.7 Å². The van der Waals surface area contributed by atoms with Crippen molar-refractivity contribution in [1.82, 2.24) is 15.5 Å². The lowest BCUT2D eigenvalue weighted by Gasteiger charge is -2.19. The fourth-order valence-electron chi connectivity index (χ4n) is 2.07. The van der Waals surface area contributed by atoms with Crippen LogP contribution in [0.25, 0.3) is 0 Å². The molecule has 0 amide bonds. The molecular formula is C13H23N3O2. The average Bonchev–Trinajstić information content (AvgIpc) is 2.86. The number of ether oxygens (including phenoxy) is 1. The zero-order chi connectivity index (χ0) is 13.2. The van der Waals surface area contributed by atoms with Gasteiger partial charge in [-0.2, -0.15) is 4.98 Å². The van der Waals surface area contributed by atoms with Gasteiger partial charge in [-0.05, 0) is 40.5 Å². The zero-order valence-corrected chi connectivity index (χ0v) is 11.7. The molecule has 2 heterocycles. The van der Waals surface area contributed by atoms with E-state index in [4.69, 9.17) is 9.26 Å². The third-order valence-corrected chi connectivity index (χ3v) is 3.15. The molecule has 102 valence electrons. The maximum absolute atomic E-state index is 5.70. The minimum atomic E-state index is -0.348. The lowest BCUT2D eigenvalue weighted by Crippen LogP contribution is -2.37. The molecular weight excluding hydrogens is 230 g/mol. The van der Waals surface area contributed by atoms with E-state index in [1.165, 1.54) is 0 Å². The predicted molar refractivity (Wildman–Crippen MR) is 68.3 cm³/mol. The highest BCUT2D eigenvalue weighted by atomic mass is 16.5. The zero-order valence-electron chi connectivity index (χ0n) is 11.7. The van der Waals surface area contributed by atoms with Gasteiger partial charge in [0.2, 0.25) is 11.7 Å². The number of nitrogens with one attached hydrogen (secondary N) is 1. The molecule has 0 radical (unpaired) electrons. The van der Waals surface area contributed by atoms with Crippen LogP contribution in [0.1, 0.15) is 52.3 Å². The average molecular weight is 253 g/mol. The van der Waals surface area contributed by atoms with Crippen molar-refractivity contribution in [3.63, 3.8) is 0 Å². The van der Waals surface area contributed by atoms with E-state index in [-0.39, 0.29) is 11.1 Å². The summed E-state index contributed by atoms with van der Waals surface area (Å²) in [6, 6.07) is 0. The summed E-state index contributed by atoms with van der Waals surface area (Å²) in [7, 11) is 0. The van der Waals surface area contributed by atoms with Gasteiger partial charge in [0, 0.05) is 25.1 Å². The molecule has 0 spiro atoms. The summed E-state index contributed by atoms with van der Waals surface area (Å²) in [5.74, 6) is 1.37. The molecule has 0 aromatic carbocycles. The standard InChI is InChI=1S/C13H23N3O2/c1-12(2,3)14-8-6-10-15-11(16-18-10)13(4)7-5-9-17-13/h14H,5-9H2,1-4H3. The normalized spacial score (nSPS) is 24.7. The molecule has 5 nitrogen and oxygen atoms in total. The fourth-order valence-corrected chi connectivity index (χ4v) is 2.07. The topological polar surface area (TPSA) is 60.2 Å². The van der Waals surface area contributed by atoms with Crippen molar-refractivity contribution >= 4 is 0 Å². The lowest BCUT2D eigenvalue weighted by atomic mass is 10.0. The molecule has 1 fully saturated rings. The van der Waals surface area contributed by atoms with Crippen LogP contribution >= 0.6 is 0 Å². The van der Waals surface area contributed by atoms with Crippen LogP contribution in [-0.2, 0) is 16.8 Å². The Morgan fingerprint density at radius 1 is 1.39 bits per heavy atom. The Hall–Kier alpha value is -0.940. The molecule has 0 saturated carbocycles. The van der Waals surface area contributed by atoms with Gasteiger partial charge in [-0.15, -0.1) is 0 Å². The second kappa shape index (κ2) is 4.97. The third-order valence-electron chi connectivity index (χ3n) is 3.15. The third kappa shape index (κ3) is 3.29. The van der Waals surface area contributed by atoms with Gasteiger partial charge >= 0.3 is 0 Å². The molecule has 5 heteroatoms. The first-order valence-corrected chi connectivity index (χ1v) is 6.61. The van der Waals surface area contributed by atoms with E-state index in [1.54, 1.807) is 0 Å². The molecule has 1 aliphatic heterocycles. The SMILES string of the molecule is CC(C)(C)NCCc1nc(C2(C)CCCO2)no1. The summed E-state index contributed by atoms with van der Waals surface area (Å²) < 4.78 is 11.0. The monoisotopic (exact) mass is 253 g/mol. The maximum Gasteiger partial charge on any atom is 0.228 e. The van der Waals surface area contributed by atoms with Crippen molar-refractivity contribution in [2.24, 2.45) is 0 Å². The Morgan fingerprint density at radius 3 is 2.78 bits per heavy atom. The highest BCUT2D eigenvalue weighted by Gasteiger charge is 2.36. The van der Waals surface area contributed by atoms with Gasteiger partial charge in [-0.1, -0.05) is 5.16 Å².